The molecule has 0 aromatic heterocycles. The van der Waals surface area contributed by atoms with Crippen molar-refractivity contribution in [2.75, 3.05) is 6.61 Å². The Labute approximate surface area is 86.1 Å². The van der Waals surface area contributed by atoms with Crippen LogP contribution >= 0.6 is 0 Å². The fraction of sp³-hybridized carbons (Fsp3) is 0.500. The summed E-state index contributed by atoms with van der Waals surface area (Å²) in [5.41, 5.74) is 8.04. The molecule has 0 fully saturated rings. The Hall–Kier alpha value is -1.18. The highest BCUT2D eigenvalue weighted by Gasteiger charge is 1.99. The minimum Gasteiger partial charge on any atom is -0.491 e. The molecule has 0 saturated carbocycles. The first kappa shape index (κ1) is 10.9. The molecule has 0 spiro atoms. The van der Waals surface area contributed by atoms with Gasteiger partial charge in [0.15, 0.2) is 0 Å². The van der Waals surface area contributed by atoms with Gasteiger partial charge in [-0.1, -0.05) is 26.0 Å². The largest absolute Gasteiger partial charge is 0.491 e. The Kier molecular flexibility index (Phi) is 4.30. The van der Waals surface area contributed by atoms with Gasteiger partial charge in [0.2, 0.25) is 0 Å². The quantitative estimate of drug-likeness (QED) is 0.658. The standard InChI is InChI=1S/C12H18NO/c1-10(2)6-5-9-14-12-8-4-3-7-11(12)13/h3-4,7-8,10,13H,5-6,9H2,1-2H3. The van der Waals surface area contributed by atoms with Crippen molar-refractivity contribution in [1.29, 1.82) is 0 Å². The predicted octanol–water partition coefficient (Wildman–Crippen LogP) is 3.42. The molecular weight excluding hydrogens is 174 g/mol. The molecule has 1 aromatic carbocycles. The molecule has 0 amide bonds. The molecule has 0 bridgehead atoms. The van der Waals surface area contributed by atoms with Gasteiger partial charge in [-0.05, 0) is 30.9 Å². The second-order valence-electron chi connectivity index (χ2n) is 3.88. The maximum atomic E-state index is 7.57. The summed E-state index contributed by atoms with van der Waals surface area (Å²) in [6.07, 6.45) is 2.24. The summed E-state index contributed by atoms with van der Waals surface area (Å²) in [5.74, 6) is 1.42. The van der Waals surface area contributed by atoms with E-state index in [0.29, 0.717) is 18.0 Å². The molecule has 0 saturated heterocycles. The Morgan fingerprint density at radius 1 is 1.29 bits per heavy atom. The van der Waals surface area contributed by atoms with Gasteiger partial charge in [-0.15, -0.1) is 0 Å². The molecule has 2 heteroatoms. The van der Waals surface area contributed by atoms with Crippen molar-refractivity contribution in [1.82, 2.24) is 5.73 Å². The lowest BCUT2D eigenvalue weighted by atomic mass is 10.1. The van der Waals surface area contributed by atoms with Gasteiger partial charge in [0.05, 0.1) is 12.3 Å². The number of rotatable bonds is 5. The lowest BCUT2D eigenvalue weighted by Gasteiger charge is -2.08. The molecule has 0 atom stereocenters. The van der Waals surface area contributed by atoms with E-state index in [1.807, 2.05) is 18.2 Å². The van der Waals surface area contributed by atoms with Gasteiger partial charge >= 0.3 is 0 Å². The molecular formula is C12H18NO. The van der Waals surface area contributed by atoms with Crippen LogP contribution in [0, 0.1) is 5.92 Å². The SMILES string of the molecule is CC(C)CCCOc1ccccc1[NH]. The molecule has 0 heterocycles. The summed E-state index contributed by atoms with van der Waals surface area (Å²) >= 11 is 0. The highest BCUT2D eigenvalue weighted by molar-refractivity contribution is 5.48. The molecule has 1 radical (unpaired) electrons. The molecule has 0 aliphatic carbocycles. The first-order chi connectivity index (χ1) is 6.70. The van der Waals surface area contributed by atoms with Gasteiger partial charge in [0, 0.05) is 0 Å². The normalized spacial score (nSPS) is 10.5. The van der Waals surface area contributed by atoms with Crippen molar-refractivity contribution in [3.8, 4) is 5.75 Å². The summed E-state index contributed by atoms with van der Waals surface area (Å²) in [4.78, 5) is 0. The van der Waals surface area contributed by atoms with Crippen LogP contribution in [-0.4, -0.2) is 6.61 Å². The van der Waals surface area contributed by atoms with Crippen LogP contribution in [-0.2, 0) is 0 Å². The van der Waals surface area contributed by atoms with Crippen LogP contribution in [0.4, 0.5) is 5.69 Å². The van der Waals surface area contributed by atoms with E-state index in [1.54, 1.807) is 6.07 Å². The Morgan fingerprint density at radius 3 is 2.64 bits per heavy atom. The van der Waals surface area contributed by atoms with Crippen LogP contribution in [0.25, 0.3) is 0 Å². The molecule has 0 unspecified atom stereocenters. The molecule has 14 heavy (non-hydrogen) atoms. The number of ether oxygens (including phenoxy) is 1. The van der Waals surface area contributed by atoms with Crippen LogP contribution in [0.2, 0.25) is 0 Å². The smallest absolute Gasteiger partial charge is 0.144 e. The highest BCUT2D eigenvalue weighted by atomic mass is 16.5. The van der Waals surface area contributed by atoms with E-state index < -0.39 is 0 Å². The monoisotopic (exact) mass is 192 g/mol. The second kappa shape index (κ2) is 5.53. The minimum atomic E-state index is 0.469. The number of hydrogen-bond acceptors (Lipinski definition) is 1. The summed E-state index contributed by atoms with van der Waals surface area (Å²) in [6.45, 7) is 5.13. The predicted molar refractivity (Wildman–Crippen MR) is 58.8 cm³/mol. The van der Waals surface area contributed by atoms with Crippen molar-refractivity contribution in [3.63, 3.8) is 0 Å². The summed E-state index contributed by atoms with van der Waals surface area (Å²) < 4.78 is 5.50. The van der Waals surface area contributed by atoms with E-state index in [0.717, 1.165) is 12.3 Å². The van der Waals surface area contributed by atoms with Crippen LogP contribution in [0.15, 0.2) is 24.3 Å². The van der Waals surface area contributed by atoms with Crippen molar-refractivity contribution < 1.29 is 4.74 Å². The molecule has 1 aromatic rings. The van der Waals surface area contributed by atoms with E-state index in [1.165, 1.54) is 6.42 Å². The minimum absolute atomic E-state index is 0.469. The molecule has 0 aliphatic rings. The summed E-state index contributed by atoms with van der Waals surface area (Å²) in [6, 6.07) is 7.34. The summed E-state index contributed by atoms with van der Waals surface area (Å²) in [5, 5.41) is 0. The fourth-order valence-electron chi connectivity index (χ4n) is 1.27. The van der Waals surface area contributed by atoms with Gasteiger partial charge in [-0.3, -0.25) is 5.73 Å². The topological polar surface area (TPSA) is 33.0 Å². The van der Waals surface area contributed by atoms with Gasteiger partial charge in [0.25, 0.3) is 0 Å². The zero-order valence-corrected chi connectivity index (χ0v) is 8.92. The van der Waals surface area contributed by atoms with Crippen LogP contribution in [0.1, 0.15) is 26.7 Å². The van der Waals surface area contributed by atoms with Crippen LogP contribution in [0.3, 0.4) is 0 Å². The highest BCUT2D eigenvalue weighted by Crippen LogP contribution is 2.21. The van der Waals surface area contributed by atoms with Gasteiger partial charge in [-0.25, -0.2) is 0 Å². The van der Waals surface area contributed by atoms with Crippen LogP contribution < -0.4 is 10.5 Å². The van der Waals surface area contributed by atoms with Crippen LogP contribution in [0.5, 0.6) is 5.75 Å². The molecule has 2 nitrogen and oxygen atoms in total. The number of nitrogens with one attached hydrogen (secondary N) is 1. The lowest BCUT2D eigenvalue weighted by Crippen LogP contribution is -1.99. The van der Waals surface area contributed by atoms with Crippen molar-refractivity contribution in [3.05, 3.63) is 24.3 Å². The van der Waals surface area contributed by atoms with E-state index in [2.05, 4.69) is 13.8 Å². The van der Waals surface area contributed by atoms with Gasteiger partial charge in [-0.2, -0.15) is 0 Å². The average molecular weight is 192 g/mol. The van der Waals surface area contributed by atoms with E-state index in [9.17, 15) is 0 Å². The first-order valence-corrected chi connectivity index (χ1v) is 5.13. The van der Waals surface area contributed by atoms with Gasteiger partial charge in [0.1, 0.15) is 5.75 Å². The van der Waals surface area contributed by atoms with Crippen molar-refractivity contribution in [2.45, 2.75) is 26.7 Å². The van der Waals surface area contributed by atoms with E-state index in [4.69, 9.17) is 10.5 Å². The van der Waals surface area contributed by atoms with E-state index in [-0.39, 0.29) is 0 Å². The fourth-order valence-corrected chi connectivity index (χ4v) is 1.27. The Balaban J connectivity index is 2.28. The first-order valence-electron chi connectivity index (χ1n) is 5.13. The molecule has 77 valence electrons. The van der Waals surface area contributed by atoms with Crippen molar-refractivity contribution >= 4 is 5.69 Å². The Bertz CT molecular complexity index is 271. The third-order valence-electron chi connectivity index (χ3n) is 2.07. The van der Waals surface area contributed by atoms with Gasteiger partial charge < -0.3 is 4.74 Å². The lowest BCUT2D eigenvalue weighted by molar-refractivity contribution is 0.298. The zero-order chi connectivity index (χ0) is 10.4. The number of hydrogen-bond donors (Lipinski definition) is 0. The summed E-state index contributed by atoms with van der Waals surface area (Å²) in [7, 11) is 0. The molecule has 1 rings (SSSR count). The molecule has 0 aliphatic heterocycles. The maximum Gasteiger partial charge on any atom is 0.144 e. The number of benzene rings is 1. The second-order valence-corrected chi connectivity index (χ2v) is 3.88. The Morgan fingerprint density at radius 2 is 2.00 bits per heavy atom. The van der Waals surface area contributed by atoms with Crippen molar-refractivity contribution in [2.24, 2.45) is 5.92 Å². The molecule has 1 N–H and O–H groups in total. The zero-order valence-electron chi connectivity index (χ0n) is 8.92. The maximum absolute atomic E-state index is 7.57. The average Bonchev–Trinajstić information content (AvgIpc) is 2.15. The third-order valence-corrected chi connectivity index (χ3v) is 2.07. The number of para-hydroxylation sites is 1. The third kappa shape index (κ3) is 3.69. The van der Waals surface area contributed by atoms with E-state index >= 15 is 0 Å².